The third-order valence-corrected chi connectivity index (χ3v) is 11.7. The molecule has 0 bridgehead atoms. The van der Waals surface area contributed by atoms with Gasteiger partial charge in [0, 0.05) is 0 Å². The zero-order valence-electron chi connectivity index (χ0n) is 15.9. The van der Waals surface area contributed by atoms with E-state index in [9.17, 15) is 26.3 Å². The van der Waals surface area contributed by atoms with Crippen molar-refractivity contribution in [2.24, 2.45) is 0 Å². The molecule has 0 saturated carbocycles. The molecule has 0 heterocycles. The van der Waals surface area contributed by atoms with Crippen molar-refractivity contribution in [2.45, 2.75) is 38.5 Å². The first-order valence-electron chi connectivity index (χ1n) is 8.40. The van der Waals surface area contributed by atoms with Gasteiger partial charge in [0.05, 0.1) is 21.2 Å². The van der Waals surface area contributed by atoms with Crippen molar-refractivity contribution in [1.82, 2.24) is 0 Å². The van der Waals surface area contributed by atoms with Crippen molar-refractivity contribution < 1.29 is 30.5 Å². The zero-order chi connectivity index (χ0) is 22.4. The maximum absolute atomic E-state index is 13.4. The zero-order valence-corrected chi connectivity index (χ0v) is 19.4. The number of benzene rings is 2. The Balaban J connectivity index is 2.78. The summed E-state index contributed by atoms with van der Waals surface area (Å²) in [4.78, 5) is 0. The number of hydrogen-bond donors (Lipinski definition) is 0. The Morgan fingerprint density at radius 3 is 1.31 bits per heavy atom. The monoisotopic (exact) mass is 490 g/mol. The molecule has 0 spiro atoms. The molecule has 1 nitrogen and oxygen atoms in total. The standard InChI is InChI=1S/C18H18Cl2F6OSi2/c1-28(2,3)27-29(4,11-5-7-15(19)13(9-11)17(21,22)23)12-6-8-16(20)14(10-12)18(24,25)26/h5-10H,1-4H3. The molecule has 0 atom stereocenters. The Morgan fingerprint density at radius 2 is 1.03 bits per heavy atom. The molecule has 0 saturated heterocycles. The second-order valence-electron chi connectivity index (χ2n) is 7.63. The van der Waals surface area contributed by atoms with Gasteiger partial charge in [0.25, 0.3) is 0 Å². The molecule has 160 valence electrons. The van der Waals surface area contributed by atoms with Crippen molar-refractivity contribution >= 4 is 50.2 Å². The first-order chi connectivity index (χ1) is 12.9. The van der Waals surface area contributed by atoms with E-state index in [0.717, 1.165) is 24.3 Å². The molecule has 0 fully saturated rings. The molecule has 11 heteroatoms. The summed E-state index contributed by atoms with van der Waals surface area (Å²) in [5.74, 6) is 0. The fraction of sp³-hybridized carbons (Fsp3) is 0.333. The van der Waals surface area contributed by atoms with E-state index in [4.69, 9.17) is 27.3 Å². The van der Waals surface area contributed by atoms with E-state index in [-0.39, 0.29) is 10.4 Å². The summed E-state index contributed by atoms with van der Waals surface area (Å²) in [7, 11) is -5.84. The van der Waals surface area contributed by atoms with Gasteiger partial charge in [-0.3, -0.25) is 0 Å². The van der Waals surface area contributed by atoms with Crippen LogP contribution in [-0.4, -0.2) is 16.6 Å². The summed E-state index contributed by atoms with van der Waals surface area (Å²) in [6.45, 7) is 7.04. The van der Waals surface area contributed by atoms with Crippen molar-refractivity contribution in [3.8, 4) is 0 Å². The molecule has 0 radical (unpaired) electrons. The number of halogens is 8. The van der Waals surface area contributed by atoms with E-state index < -0.39 is 50.2 Å². The van der Waals surface area contributed by atoms with E-state index in [0.29, 0.717) is 0 Å². The van der Waals surface area contributed by atoms with Gasteiger partial charge >= 0.3 is 12.4 Å². The number of rotatable bonds is 4. The van der Waals surface area contributed by atoms with E-state index in [1.807, 2.05) is 19.6 Å². The predicted octanol–water partition coefficient (Wildman–Crippen LogP) is 6.57. The highest BCUT2D eigenvalue weighted by atomic mass is 35.5. The van der Waals surface area contributed by atoms with Crippen LogP contribution >= 0.6 is 23.2 Å². The summed E-state index contributed by atoms with van der Waals surface area (Å²) in [5, 5.41) is -0.630. The van der Waals surface area contributed by atoms with Gasteiger partial charge in [-0.05, 0) is 60.8 Å². The Kier molecular flexibility index (Phi) is 6.63. The maximum Gasteiger partial charge on any atom is 0.417 e. The molecule has 2 aromatic rings. The van der Waals surface area contributed by atoms with Crippen molar-refractivity contribution in [3.05, 3.63) is 57.6 Å². The molecule has 0 N–H and O–H groups in total. The first kappa shape index (κ1) is 24.3. The summed E-state index contributed by atoms with van der Waals surface area (Å²) in [6.07, 6.45) is -9.42. The van der Waals surface area contributed by atoms with Crippen LogP contribution in [-0.2, 0) is 16.5 Å². The Morgan fingerprint density at radius 1 is 0.690 bits per heavy atom. The highest BCUT2D eigenvalue weighted by molar-refractivity contribution is 7.01. The van der Waals surface area contributed by atoms with Crippen LogP contribution in [0.25, 0.3) is 0 Å². The molecule has 2 rings (SSSR count). The van der Waals surface area contributed by atoms with Gasteiger partial charge in [0.2, 0.25) is 8.32 Å². The maximum atomic E-state index is 13.4. The molecule has 0 unspecified atom stereocenters. The smallest absolute Gasteiger partial charge is 0.417 e. The van der Waals surface area contributed by atoms with Crippen LogP contribution in [0.2, 0.25) is 36.2 Å². The van der Waals surface area contributed by atoms with Crippen LogP contribution in [0.1, 0.15) is 11.1 Å². The second kappa shape index (κ2) is 7.92. The number of hydrogen-bond acceptors (Lipinski definition) is 1. The molecule has 0 amide bonds. The molecule has 2 aromatic carbocycles. The van der Waals surface area contributed by atoms with E-state index >= 15 is 0 Å². The molecular weight excluding hydrogens is 473 g/mol. The van der Waals surface area contributed by atoms with Crippen LogP contribution in [0.3, 0.4) is 0 Å². The normalized spacial score (nSPS) is 13.7. The summed E-state index contributed by atoms with van der Waals surface area (Å²) in [5.41, 5.74) is -2.11. The van der Waals surface area contributed by atoms with E-state index in [2.05, 4.69) is 0 Å². The fourth-order valence-corrected chi connectivity index (χ4v) is 11.2. The third-order valence-electron chi connectivity index (χ3n) is 4.16. The Labute approximate surface area is 176 Å². The van der Waals surface area contributed by atoms with Gasteiger partial charge in [-0.15, -0.1) is 0 Å². The van der Waals surface area contributed by atoms with Crippen LogP contribution < -0.4 is 10.4 Å². The predicted molar refractivity (Wildman–Crippen MR) is 108 cm³/mol. The largest absolute Gasteiger partial charge is 0.449 e. The third kappa shape index (κ3) is 5.58. The highest BCUT2D eigenvalue weighted by Gasteiger charge is 2.43. The summed E-state index contributed by atoms with van der Waals surface area (Å²) >= 11 is 11.4. The van der Waals surface area contributed by atoms with Crippen molar-refractivity contribution in [1.29, 1.82) is 0 Å². The molecule has 0 aliphatic carbocycles. The average Bonchev–Trinajstić information content (AvgIpc) is 2.51. The first-order valence-corrected chi connectivity index (χ1v) is 15.0. The number of alkyl halides is 6. The summed E-state index contributed by atoms with van der Waals surface area (Å²) < 4.78 is 86.4. The minimum atomic E-state index is -4.71. The van der Waals surface area contributed by atoms with Crippen LogP contribution in [0, 0.1) is 0 Å². The summed E-state index contributed by atoms with van der Waals surface area (Å²) in [6, 6.07) is 6.70. The lowest BCUT2D eigenvalue weighted by atomic mass is 10.2. The van der Waals surface area contributed by atoms with Gasteiger partial charge < -0.3 is 4.12 Å². The molecule has 29 heavy (non-hydrogen) atoms. The minimum absolute atomic E-state index is 0.173. The SMILES string of the molecule is C[Si](C)(C)O[Si](C)(c1ccc(Cl)c(C(F)(F)F)c1)c1ccc(Cl)c(C(F)(F)F)c1. The van der Waals surface area contributed by atoms with E-state index in [1.54, 1.807) is 6.55 Å². The van der Waals surface area contributed by atoms with Gasteiger partial charge in [0.1, 0.15) is 0 Å². The molecule has 0 aliphatic heterocycles. The van der Waals surface area contributed by atoms with Crippen molar-refractivity contribution in [3.63, 3.8) is 0 Å². The Hall–Kier alpha value is -1.01. The average molecular weight is 491 g/mol. The molecule has 0 aromatic heterocycles. The van der Waals surface area contributed by atoms with Crippen LogP contribution in [0.15, 0.2) is 36.4 Å². The van der Waals surface area contributed by atoms with E-state index in [1.165, 1.54) is 12.1 Å². The topological polar surface area (TPSA) is 9.23 Å². The second-order valence-corrected chi connectivity index (χ2v) is 16.7. The van der Waals surface area contributed by atoms with Crippen LogP contribution in [0.4, 0.5) is 26.3 Å². The van der Waals surface area contributed by atoms with Gasteiger partial charge in [-0.2, -0.15) is 26.3 Å². The molecular formula is C18H18Cl2F6OSi2. The van der Waals surface area contributed by atoms with Crippen molar-refractivity contribution in [2.75, 3.05) is 0 Å². The van der Waals surface area contributed by atoms with Gasteiger partial charge in [-0.1, -0.05) is 35.3 Å². The molecule has 0 aliphatic rings. The minimum Gasteiger partial charge on any atom is -0.449 e. The van der Waals surface area contributed by atoms with Gasteiger partial charge in [-0.25, -0.2) is 0 Å². The lowest BCUT2D eigenvalue weighted by molar-refractivity contribution is -0.138. The van der Waals surface area contributed by atoms with Gasteiger partial charge in [0.15, 0.2) is 8.32 Å². The lowest BCUT2D eigenvalue weighted by Gasteiger charge is -2.36. The lowest BCUT2D eigenvalue weighted by Crippen LogP contribution is -2.62. The fourth-order valence-electron chi connectivity index (χ4n) is 2.98. The Bertz CT molecular complexity index is 843. The quantitative estimate of drug-likeness (QED) is 0.347. The highest BCUT2D eigenvalue weighted by Crippen LogP contribution is 2.36. The van der Waals surface area contributed by atoms with Crippen LogP contribution in [0.5, 0.6) is 0 Å².